The van der Waals surface area contributed by atoms with Crippen molar-refractivity contribution in [2.75, 3.05) is 13.7 Å². The second kappa shape index (κ2) is 8.14. The molecule has 1 heterocycles. The molecule has 0 radical (unpaired) electrons. The molecule has 0 atom stereocenters. The van der Waals surface area contributed by atoms with Crippen molar-refractivity contribution in [1.82, 2.24) is 15.3 Å². The Hall–Kier alpha value is -2.60. The molecule has 2 aromatic rings. The molecule has 0 saturated carbocycles. The third kappa shape index (κ3) is 5.27. The molecule has 2 rings (SSSR count). The Balaban J connectivity index is 1.88. The number of halogens is 1. The highest BCUT2D eigenvalue weighted by Gasteiger charge is 2.09. The number of hydrogen-bond acceptors (Lipinski definition) is 4. The van der Waals surface area contributed by atoms with Crippen molar-refractivity contribution in [3.05, 3.63) is 64.7 Å². The van der Waals surface area contributed by atoms with Gasteiger partial charge in [-0.15, -0.1) is 0 Å². The Labute approximate surface area is 138 Å². The molecule has 6 nitrogen and oxygen atoms in total. The van der Waals surface area contributed by atoms with E-state index in [0.29, 0.717) is 23.0 Å². The average Bonchev–Trinajstić information content (AvgIpc) is 3.02. The van der Waals surface area contributed by atoms with Gasteiger partial charge in [0, 0.05) is 24.1 Å². The lowest BCUT2D eigenvalue weighted by molar-refractivity contribution is -0.134. The van der Waals surface area contributed by atoms with E-state index in [-0.39, 0.29) is 12.5 Å². The number of nitrogens with one attached hydrogen (secondary N) is 2. The highest BCUT2D eigenvalue weighted by molar-refractivity contribution is 6.30. The largest absolute Gasteiger partial charge is 0.466 e. The van der Waals surface area contributed by atoms with E-state index in [0.717, 1.165) is 5.56 Å². The van der Waals surface area contributed by atoms with Gasteiger partial charge in [0.05, 0.1) is 13.3 Å². The number of carbonyl (C=O) groups is 2. The summed E-state index contributed by atoms with van der Waals surface area (Å²) in [5, 5.41) is 3.32. The van der Waals surface area contributed by atoms with Crippen LogP contribution >= 0.6 is 11.6 Å². The zero-order valence-electron chi connectivity index (χ0n) is 12.5. The van der Waals surface area contributed by atoms with Gasteiger partial charge in [-0.05, 0) is 17.7 Å². The van der Waals surface area contributed by atoms with Gasteiger partial charge in [0.2, 0.25) is 0 Å². The normalized spacial score (nSPS) is 10.7. The van der Waals surface area contributed by atoms with Gasteiger partial charge in [0.15, 0.2) is 0 Å². The molecule has 2 N–H and O–H groups in total. The van der Waals surface area contributed by atoms with Crippen LogP contribution in [-0.4, -0.2) is 35.5 Å². The van der Waals surface area contributed by atoms with Gasteiger partial charge in [0.1, 0.15) is 11.5 Å². The second-order valence-corrected chi connectivity index (χ2v) is 5.12. The van der Waals surface area contributed by atoms with Crippen LogP contribution in [0.25, 0.3) is 0 Å². The fraction of sp³-hybridized carbons (Fsp3) is 0.188. The van der Waals surface area contributed by atoms with Crippen LogP contribution in [0.3, 0.4) is 0 Å². The summed E-state index contributed by atoms with van der Waals surface area (Å²) in [6.07, 6.45) is 4.81. The molecule has 0 aliphatic carbocycles. The lowest BCUT2D eigenvalue weighted by atomic mass is 10.1. The van der Waals surface area contributed by atoms with E-state index in [4.69, 9.17) is 11.6 Å². The predicted molar refractivity (Wildman–Crippen MR) is 86.3 cm³/mol. The lowest BCUT2D eigenvalue weighted by Gasteiger charge is -2.00. The van der Waals surface area contributed by atoms with Crippen molar-refractivity contribution >= 4 is 23.5 Å². The van der Waals surface area contributed by atoms with Crippen LogP contribution in [0.1, 0.15) is 21.9 Å². The summed E-state index contributed by atoms with van der Waals surface area (Å²) in [7, 11) is 1.29. The molecule has 0 unspecified atom stereocenters. The number of rotatable bonds is 6. The maximum Gasteiger partial charge on any atom is 0.330 e. The highest BCUT2D eigenvalue weighted by atomic mass is 35.5. The van der Waals surface area contributed by atoms with Gasteiger partial charge in [-0.3, -0.25) is 4.79 Å². The molecule has 1 aromatic heterocycles. The minimum Gasteiger partial charge on any atom is -0.466 e. The number of imidazole rings is 1. The van der Waals surface area contributed by atoms with Crippen molar-refractivity contribution in [2.24, 2.45) is 0 Å². The van der Waals surface area contributed by atoms with Crippen LogP contribution in [0.5, 0.6) is 0 Å². The Morgan fingerprint density at radius 1 is 1.35 bits per heavy atom. The predicted octanol–water partition coefficient (Wildman–Crippen LogP) is 2.11. The zero-order chi connectivity index (χ0) is 16.7. The Kier molecular flexibility index (Phi) is 5.94. The average molecular weight is 334 g/mol. The lowest BCUT2D eigenvalue weighted by Crippen LogP contribution is -2.23. The van der Waals surface area contributed by atoms with Crippen LogP contribution in [0.4, 0.5) is 0 Å². The molecule has 0 spiro atoms. The molecule has 0 bridgehead atoms. The van der Waals surface area contributed by atoms with Crippen molar-refractivity contribution in [3.63, 3.8) is 0 Å². The van der Waals surface area contributed by atoms with Crippen LogP contribution in [-0.2, 0) is 16.0 Å². The number of amides is 1. The SMILES string of the molecule is COC(=O)/C=C/CNC(=O)c1cnc(Cc2ccc(Cl)cc2)[nH]1. The summed E-state index contributed by atoms with van der Waals surface area (Å²) < 4.78 is 4.45. The quantitative estimate of drug-likeness (QED) is 0.626. The highest BCUT2D eigenvalue weighted by Crippen LogP contribution is 2.12. The molecular weight excluding hydrogens is 318 g/mol. The zero-order valence-corrected chi connectivity index (χ0v) is 13.3. The minimum absolute atomic E-state index is 0.222. The molecular formula is C16H16ClN3O3. The fourth-order valence-electron chi connectivity index (χ4n) is 1.83. The fourth-order valence-corrected chi connectivity index (χ4v) is 1.96. The minimum atomic E-state index is -0.467. The summed E-state index contributed by atoms with van der Waals surface area (Å²) in [5.41, 5.74) is 1.40. The van der Waals surface area contributed by atoms with Gasteiger partial charge >= 0.3 is 5.97 Å². The van der Waals surface area contributed by atoms with Crippen LogP contribution in [0.15, 0.2) is 42.6 Å². The molecule has 7 heteroatoms. The first-order valence-corrected chi connectivity index (χ1v) is 7.27. The van der Waals surface area contributed by atoms with E-state index in [2.05, 4.69) is 20.0 Å². The molecule has 1 aromatic carbocycles. The van der Waals surface area contributed by atoms with Gasteiger partial charge in [-0.2, -0.15) is 0 Å². The first-order chi connectivity index (χ1) is 11.1. The van der Waals surface area contributed by atoms with E-state index in [9.17, 15) is 9.59 Å². The van der Waals surface area contributed by atoms with Gasteiger partial charge in [-0.1, -0.05) is 29.8 Å². The molecule has 23 heavy (non-hydrogen) atoms. The topological polar surface area (TPSA) is 84.1 Å². The van der Waals surface area contributed by atoms with E-state index < -0.39 is 5.97 Å². The van der Waals surface area contributed by atoms with Gasteiger partial charge in [-0.25, -0.2) is 9.78 Å². The maximum absolute atomic E-state index is 11.9. The number of methoxy groups -OCH3 is 1. The molecule has 1 amide bonds. The number of aromatic amines is 1. The third-order valence-electron chi connectivity index (χ3n) is 2.99. The number of ether oxygens (including phenoxy) is 1. The number of aromatic nitrogens is 2. The number of carbonyl (C=O) groups excluding carboxylic acids is 2. The molecule has 0 aliphatic rings. The number of nitrogens with zero attached hydrogens (tertiary/aromatic N) is 1. The van der Waals surface area contributed by atoms with Crippen LogP contribution in [0.2, 0.25) is 5.02 Å². The summed E-state index contributed by atoms with van der Waals surface area (Å²) in [4.78, 5) is 29.9. The van der Waals surface area contributed by atoms with Crippen molar-refractivity contribution < 1.29 is 14.3 Å². The number of H-pyrrole nitrogens is 1. The number of benzene rings is 1. The first kappa shape index (κ1) is 16.8. The standard InChI is InChI=1S/C16H16ClN3O3/c1-23-15(21)3-2-8-18-16(22)13-10-19-14(20-13)9-11-4-6-12(17)7-5-11/h2-7,10H,8-9H2,1H3,(H,18,22)(H,19,20)/b3-2+. The smallest absolute Gasteiger partial charge is 0.330 e. The first-order valence-electron chi connectivity index (χ1n) is 6.89. The molecule has 120 valence electrons. The maximum atomic E-state index is 11.9. The van der Waals surface area contributed by atoms with Crippen LogP contribution < -0.4 is 5.32 Å². The molecule has 0 aliphatic heterocycles. The van der Waals surface area contributed by atoms with E-state index in [1.54, 1.807) is 12.1 Å². The van der Waals surface area contributed by atoms with E-state index >= 15 is 0 Å². The Morgan fingerprint density at radius 3 is 2.78 bits per heavy atom. The van der Waals surface area contributed by atoms with Crippen molar-refractivity contribution in [2.45, 2.75) is 6.42 Å². The summed E-state index contributed by atoms with van der Waals surface area (Å²) >= 11 is 5.84. The molecule has 0 saturated heterocycles. The number of esters is 1. The van der Waals surface area contributed by atoms with E-state index in [1.165, 1.54) is 25.5 Å². The van der Waals surface area contributed by atoms with Gasteiger partial charge < -0.3 is 15.0 Å². The Bertz CT molecular complexity index is 708. The third-order valence-corrected chi connectivity index (χ3v) is 3.25. The van der Waals surface area contributed by atoms with Gasteiger partial charge in [0.25, 0.3) is 5.91 Å². The number of hydrogen-bond donors (Lipinski definition) is 2. The Morgan fingerprint density at radius 2 is 2.09 bits per heavy atom. The van der Waals surface area contributed by atoms with E-state index in [1.807, 2.05) is 12.1 Å². The second-order valence-electron chi connectivity index (χ2n) is 4.68. The van der Waals surface area contributed by atoms with Crippen molar-refractivity contribution in [3.8, 4) is 0 Å². The summed E-state index contributed by atoms with van der Waals surface area (Å²) in [5.74, 6) is -0.0806. The van der Waals surface area contributed by atoms with Crippen LogP contribution in [0, 0.1) is 0 Å². The van der Waals surface area contributed by atoms with Crippen molar-refractivity contribution in [1.29, 1.82) is 0 Å². The molecule has 0 fully saturated rings. The summed E-state index contributed by atoms with van der Waals surface area (Å²) in [6, 6.07) is 7.42. The monoisotopic (exact) mass is 333 g/mol. The summed E-state index contributed by atoms with van der Waals surface area (Å²) in [6.45, 7) is 0.222.